The summed E-state index contributed by atoms with van der Waals surface area (Å²) in [6.45, 7) is 1.38. The molecule has 3 N–H and O–H groups in total. The molecule has 0 fully saturated rings. The third kappa shape index (κ3) is 2.67. The summed E-state index contributed by atoms with van der Waals surface area (Å²) in [6, 6.07) is 3.13. The summed E-state index contributed by atoms with van der Waals surface area (Å²) in [5.41, 5.74) is 6.08. The Kier molecular flexibility index (Phi) is 3.66. The van der Waals surface area contributed by atoms with E-state index in [9.17, 15) is 9.18 Å². The number of carbonyl (C=O) groups is 1. The lowest BCUT2D eigenvalue weighted by molar-refractivity contribution is -0.138. The quantitative estimate of drug-likeness (QED) is 0.840. The Labute approximate surface area is 91.7 Å². The van der Waals surface area contributed by atoms with Gasteiger partial charge in [-0.3, -0.25) is 4.79 Å². The Morgan fingerprint density at radius 2 is 2.20 bits per heavy atom. The molecule has 0 amide bonds. The van der Waals surface area contributed by atoms with Crippen LogP contribution in [-0.2, 0) is 4.79 Å². The van der Waals surface area contributed by atoms with Crippen LogP contribution in [0.2, 0.25) is 5.02 Å². The van der Waals surface area contributed by atoms with Gasteiger partial charge in [0.05, 0.1) is 0 Å². The fourth-order valence-electron chi connectivity index (χ4n) is 1.18. The van der Waals surface area contributed by atoms with Crippen molar-refractivity contribution in [2.45, 2.75) is 19.1 Å². The van der Waals surface area contributed by atoms with E-state index in [-0.39, 0.29) is 10.6 Å². The molecule has 1 aromatic rings. The molecule has 0 aliphatic rings. The highest BCUT2D eigenvalue weighted by atomic mass is 35.5. The van der Waals surface area contributed by atoms with Gasteiger partial charge in [0.25, 0.3) is 0 Å². The maximum absolute atomic E-state index is 12.9. The van der Waals surface area contributed by atoms with Gasteiger partial charge in [-0.15, -0.1) is 0 Å². The number of hydrogen-bond donors (Lipinski definition) is 2. The molecule has 3 nitrogen and oxygen atoms in total. The molecular weight excluding hydrogens is 221 g/mol. The topological polar surface area (TPSA) is 63.3 Å². The number of benzene rings is 1. The lowest BCUT2D eigenvalue weighted by atomic mass is 10.0. The summed E-state index contributed by atoms with van der Waals surface area (Å²) in [4.78, 5) is 10.6. The van der Waals surface area contributed by atoms with Crippen LogP contribution in [0.3, 0.4) is 0 Å². The van der Waals surface area contributed by atoms with E-state index in [2.05, 4.69) is 0 Å². The Hall–Kier alpha value is -1.13. The predicted molar refractivity (Wildman–Crippen MR) is 55.5 cm³/mol. The first-order chi connectivity index (χ1) is 6.93. The Bertz CT molecular complexity index is 382. The van der Waals surface area contributed by atoms with Crippen molar-refractivity contribution < 1.29 is 14.3 Å². The minimum atomic E-state index is -1.18. The van der Waals surface area contributed by atoms with E-state index in [4.69, 9.17) is 22.4 Å². The molecule has 0 saturated heterocycles. The zero-order valence-corrected chi connectivity index (χ0v) is 8.83. The van der Waals surface area contributed by atoms with Crippen molar-refractivity contribution in [2.75, 3.05) is 0 Å². The van der Waals surface area contributed by atoms with E-state index in [0.29, 0.717) is 5.56 Å². The molecule has 15 heavy (non-hydrogen) atoms. The summed E-state index contributed by atoms with van der Waals surface area (Å²) in [5.74, 6) is -1.17. The smallest absolute Gasteiger partial charge is 0.325 e. The second-order valence-corrected chi connectivity index (χ2v) is 3.62. The first kappa shape index (κ1) is 11.9. The van der Waals surface area contributed by atoms with Gasteiger partial charge in [-0.05, 0) is 24.1 Å². The highest BCUT2D eigenvalue weighted by Crippen LogP contribution is 2.26. The van der Waals surface area contributed by atoms with Crippen LogP contribution in [0.1, 0.15) is 30.3 Å². The van der Waals surface area contributed by atoms with Crippen LogP contribution >= 0.6 is 11.6 Å². The number of carboxylic acid groups (broad SMARTS) is 1. The number of carboxylic acids is 1. The van der Waals surface area contributed by atoms with Gasteiger partial charge in [-0.1, -0.05) is 23.7 Å². The lowest BCUT2D eigenvalue weighted by Crippen LogP contribution is -2.21. The van der Waals surface area contributed by atoms with E-state index in [0.717, 1.165) is 0 Å². The van der Waals surface area contributed by atoms with Gasteiger partial charge in [-0.2, -0.15) is 0 Å². The predicted octanol–water partition coefficient (Wildman–Crippen LogP) is 2.45. The van der Waals surface area contributed by atoms with Crippen LogP contribution in [0, 0.1) is 0 Å². The highest BCUT2D eigenvalue weighted by Gasteiger charge is 2.18. The number of halogens is 2. The summed E-state index contributed by atoms with van der Waals surface area (Å²) in [6.07, 6.45) is -1.14. The largest absolute Gasteiger partial charge is 0.480 e. The molecule has 0 aromatic heterocycles. The second kappa shape index (κ2) is 4.59. The van der Waals surface area contributed by atoms with Crippen molar-refractivity contribution in [1.29, 1.82) is 0 Å². The number of rotatable bonds is 3. The van der Waals surface area contributed by atoms with Gasteiger partial charge in [0, 0.05) is 5.02 Å². The third-order valence-electron chi connectivity index (χ3n) is 2.08. The molecular formula is C10H11ClFNO2. The normalized spacial score (nSPS) is 14.7. The molecule has 0 bridgehead atoms. The van der Waals surface area contributed by atoms with Gasteiger partial charge >= 0.3 is 5.97 Å². The molecule has 2 unspecified atom stereocenters. The van der Waals surface area contributed by atoms with Crippen molar-refractivity contribution in [3.8, 4) is 0 Å². The highest BCUT2D eigenvalue weighted by molar-refractivity contribution is 6.31. The average molecular weight is 232 g/mol. The Morgan fingerprint density at radius 1 is 1.60 bits per heavy atom. The Balaban J connectivity index is 3.08. The summed E-state index contributed by atoms with van der Waals surface area (Å²) in [5, 5.41) is 8.85. The summed E-state index contributed by atoms with van der Waals surface area (Å²) in [7, 11) is 0. The zero-order valence-electron chi connectivity index (χ0n) is 8.08. The number of alkyl halides is 1. The monoisotopic (exact) mass is 231 g/mol. The van der Waals surface area contributed by atoms with Crippen molar-refractivity contribution in [1.82, 2.24) is 0 Å². The third-order valence-corrected chi connectivity index (χ3v) is 2.41. The maximum Gasteiger partial charge on any atom is 0.325 e. The molecule has 1 rings (SSSR count). The molecule has 0 radical (unpaired) electrons. The minimum Gasteiger partial charge on any atom is -0.480 e. The van der Waals surface area contributed by atoms with Gasteiger partial charge < -0.3 is 10.8 Å². The van der Waals surface area contributed by atoms with E-state index >= 15 is 0 Å². The number of nitrogens with two attached hydrogens (primary N) is 1. The first-order valence-corrected chi connectivity index (χ1v) is 4.73. The summed E-state index contributed by atoms with van der Waals surface area (Å²) < 4.78 is 12.9. The lowest BCUT2D eigenvalue weighted by Gasteiger charge is -2.11. The van der Waals surface area contributed by atoms with Crippen LogP contribution in [-0.4, -0.2) is 11.1 Å². The molecule has 0 aliphatic carbocycles. The zero-order chi connectivity index (χ0) is 11.6. The van der Waals surface area contributed by atoms with E-state index in [1.807, 2.05) is 0 Å². The van der Waals surface area contributed by atoms with Crippen molar-refractivity contribution in [2.24, 2.45) is 5.73 Å². The molecule has 5 heteroatoms. The van der Waals surface area contributed by atoms with Crippen LogP contribution in [0.15, 0.2) is 18.2 Å². The van der Waals surface area contributed by atoms with Crippen LogP contribution in [0.4, 0.5) is 4.39 Å². The van der Waals surface area contributed by atoms with Crippen molar-refractivity contribution in [3.05, 3.63) is 34.3 Å². The molecule has 82 valence electrons. The first-order valence-electron chi connectivity index (χ1n) is 4.35. The molecule has 2 atom stereocenters. The van der Waals surface area contributed by atoms with Gasteiger partial charge in [-0.25, -0.2) is 4.39 Å². The van der Waals surface area contributed by atoms with Gasteiger partial charge in [0.1, 0.15) is 12.2 Å². The van der Waals surface area contributed by atoms with Crippen LogP contribution in [0.5, 0.6) is 0 Å². The van der Waals surface area contributed by atoms with E-state index in [1.54, 1.807) is 0 Å². The molecule has 0 spiro atoms. The Morgan fingerprint density at radius 3 is 2.60 bits per heavy atom. The minimum absolute atomic E-state index is 0.173. The molecule has 1 aromatic carbocycles. The van der Waals surface area contributed by atoms with Crippen molar-refractivity contribution >= 4 is 17.6 Å². The number of hydrogen-bond acceptors (Lipinski definition) is 2. The fraction of sp³-hybridized carbons (Fsp3) is 0.300. The van der Waals surface area contributed by atoms with Gasteiger partial charge in [0.2, 0.25) is 0 Å². The van der Waals surface area contributed by atoms with E-state index in [1.165, 1.54) is 25.1 Å². The second-order valence-electron chi connectivity index (χ2n) is 3.21. The fourth-order valence-corrected chi connectivity index (χ4v) is 1.48. The summed E-state index contributed by atoms with van der Waals surface area (Å²) >= 11 is 5.80. The average Bonchev–Trinajstić information content (AvgIpc) is 2.16. The molecule has 0 saturated carbocycles. The van der Waals surface area contributed by atoms with Crippen LogP contribution < -0.4 is 5.73 Å². The van der Waals surface area contributed by atoms with Crippen molar-refractivity contribution in [3.63, 3.8) is 0 Å². The standard InChI is InChI=1S/C10H11ClFNO2/c1-5(12)6-2-3-7(8(11)4-6)9(13)10(14)15/h2-5,9H,13H2,1H3,(H,14,15). The molecule has 0 aliphatic heterocycles. The molecule has 0 heterocycles. The maximum atomic E-state index is 12.9. The number of aliphatic carboxylic acids is 1. The van der Waals surface area contributed by atoms with Crippen LogP contribution in [0.25, 0.3) is 0 Å². The van der Waals surface area contributed by atoms with E-state index < -0.39 is 18.2 Å². The van der Waals surface area contributed by atoms with Gasteiger partial charge in [0.15, 0.2) is 0 Å². The SMILES string of the molecule is CC(F)c1ccc(C(N)C(=O)O)c(Cl)c1.